The molecule has 0 aliphatic rings. The van der Waals surface area contributed by atoms with Gasteiger partial charge in [-0.05, 0) is 36.4 Å². The SMILES string of the molecule is Nc1ncccc1NCc1cc(NC(=O)c2ccc(Cl)cn2)ccn1. The lowest BCUT2D eigenvalue weighted by Gasteiger charge is -2.09. The minimum absolute atomic E-state index is 0.282. The summed E-state index contributed by atoms with van der Waals surface area (Å²) >= 11 is 5.77. The number of hydrogen-bond donors (Lipinski definition) is 3. The van der Waals surface area contributed by atoms with Crippen LogP contribution in [0.1, 0.15) is 16.2 Å². The minimum atomic E-state index is -0.321. The summed E-state index contributed by atoms with van der Waals surface area (Å²) in [5.41, 5.74) is 8.15. The van der Waals surface area contributed by atoms with Crippen molar-refractivity contribution < 1.29 is 4.79 Å². The molecule has 0 aliphatic carbocycles. The molecule has 3 aromatic heterocycles. The van der Waals surface area contributed by atoms with Crippen molar-refractivity contribution in [3.05, 3.63) is 71.4 Å². The number of nitrogens with two attached hydrogens (primary N) is 1. The average molecular weight is 355 g/mol. The van der Waals surface area contributed by atoms with Gasteiger partial charge in [0.1, 0.15) is 11.5 Å². The van der Waals surface area contributed by atoms with E-state index < -0.39 is 0 Å². The fourth-order valence-corrected chi connectivity index (χ4v) is 2.22. The Bertz CT molecular complexity index is 884. The number of aromatic nitrogens is 3. The van der Waals surface area contributed by atoms with Gasteiger partial charge in [0, 0.05) is 24.3 Å². The van der Waals surface area contributed by atoms with E-state index in [1.54, 1.807) is 42.7 Å². The summed E-state index contributed by atoms with van der Waals surface area (Å²) in [5.74, 6) is 0.0963. The van der Waals surface area contributed by atoms with Gasteiger partial charge in [0.05, 0.1) is 22.9 Å². The second-order valence-electron chi connectivity index (χ2n) is 5.14. The fraction of sp³-hybridized carbons (Fsp3) is 0.0588. The first-order chi connectivity index (χ1) is 12.1. The summed E-state index contributed by atoms with van der Waals surface area (Å²) in [6.45, 7) is 0.443. The van der Waals surface area contributed by atoms with Crippen LogP contribution in [0.2, 0.25) is 5.02 Å². The third-order valence-corrected chi connectivity index (χ3v) is 3.56. The van der Waals surface area contributed by atoms with Gasteiger partial charge in [0.2, 0.25) is 0 Å². The summed E-state index contributed by atoms with van der Waals surface area (Å²) in [6.07, 6.45) is 4.67. The van der Waals surface area contributed by atoms with Crippen molar-refractivity contribution in [2.45, 2.75) is 6.54 Å². The fourth-order valence-electron chi connectivity index (χ4n) is 2.11. The summed E-state index contributed by atoms with van der Waals surface area (Å²) in [5, 5.41) is 6.41. The van der Waals surface area contributed by atoms with Gasteiger partial charge in [-0.25, -0.2) is 9.97 Å². The van der Waals surface area contributed by atoms with Crippen molar-refractivity contribution >= 4 is 34.7 Å². The number of nitrogen functional groups attached to an aromatic ring is 1. The van der Waals surface area contributed by atoms with Gasteiger partial charge in [-0.15, -0.1) is 0 Å². The lowest BCUT2D eigenvalue weighted by atomic mass is 10.2. The molecule has 0 aliphatic heterocycles. The zero-order valence-electron chi connectivity index (χ0n) is 13.1. The first-order valence-corrected chi connectivity index (χ1v) is 7.82. The average Bonchev–Trinajstić information content (AvgIpc) is 2.62. The number of amides is 1. The summed E-state index contributed by atoms with van der Waals surface area (Å²) in [4.78, 5) is 24.5. The number of nitrogens with zero attached hydrogens (tertiary/aromatic N) is 3. The molecule has 0 spiro atoms. The molecular formula is C17H15ClN6O. The Labute approximate surface area is 149 Å². The van der Waals surface area contributed by atoms with E-state index in [0.29, 0.717) is 23.1 Å². The highest BCUT2D eigenvalue weighted by atomic mass is 35.5. The van der Waals surface area contributed by atoms with E-state index in [-0.39, 0.29) is 11.6 Å². The van der Waals surface area contributed by atoms with Crippen LogP contribution in [0.15, 0.2) is 55.0 Å². The summed E-state index contributed by atoms with van der Waals surface area (Å²) < 4.78 is 0. The number of pyridine rings is 3. The Balaban J connectivity index is 1.66. The zero-order valence-corrected chi connectivity index (χ0v) is 13.9. The maximum atomic E-state index is 12.2. The van der Waals surface area contributed by atoms with Gasteiger partial charge in [-0.2, -0.15) is 0 Å². The Hall–Kier alpha value is -3.19. The molecule has 3 rings (SSSR count). The van der Waals surface area contributed by atoms with Crippen LogP contribution in [0.4, 0.5) is 17.2 Å². The van der Waals surface area contributed by atoms with E-state index in [9.17, 15) is 4.79 Å². The van der Waals surface area contributed by atoms with Gasteiger partial charge < -0.3 is 16.4 Å². The second-order valence-corrected chi connectivity index (χ2v) is 5.58. The molecule has 1 amide bonds. The highest BCUT2D eigenvalue weighted by Crippen LogP contribution is 2.16. The molecule has 0 bridgehead atoms. The van der Waals surface area contributed by atoms with Crippen LogP contribution < -0.4 is 16.4 Å². The summed E-state index contributed by atoms with van der Waals surface area (Å²) in [7, 11) is 0. The number of halogens is 1. The molecule has 0 fully saturated rings. The van der Waals surface area contributed by atoms with Crippen LogP contribution in [0.5, 0.6) is 0 Å². The molecule has 0 saturated carbocycles. The molecule has 7 nitrogen and oxygen atoms in total. The van der Waals surface area contributed by atoms with Crippen LogP contribution in [-0.2, 0) is 6.54 Å². The molecular weight excluding hydrogens is 340 g/mol. The van der Waals surface area contributed by atoms with Crippen LogP contribution in [0, 0.1) is 0 Å². The molecule has 0 saturated heterocycles. The highest BCUT2D eigenvalue weighted by Gasteiger charge is 2.08. The molecule has 4 N–H and O–H groups in total. The van der Waals surface area contributed by atoms with Crippen LogP contribution in [0.25, 0.3) is 0 Å². The molecule has 0 aromatic carbocycles. The molecule has 25 heavy (non-hydrogen) atoms. The quantitative estimate of drug-likeness (QED) is 0.650. The maximum Gasteiger partial charge on any atom is 0.274 e. The smallest absolute Gasteiger partial charge is 0.274 e. The molecule has 8 heteroatoms. The standard InChI is InChI=1S/C17H15ClN6O/c18-11-3-4-15(22-9-11)17(25)24-12-5-7-20-13(8-12)10-23-14-2-1-6-21-16(14)19/h1-9,23H,10H2,(H2,19,21)(H,20,24,25). The zero-order chi connectivity index (χ0) is 17.6. The van der Waals surface area contributed by atoms with Crippen molar-refractivity contribution in [2.24, 2.45) is 0 Å². The van der Waals surface area contributed by atoms with Gasteiger partial charge in [-0.3, -0.25) is 9.78 Å². The minimum Gasteiger partial charge on any atom is -0.382 e. The lowest BCUT2D eigenvalue weighted by molar-refractivity contribution is 0.102. The van der Waals surface area contributed by atoms with Gasteiger partial charge in [0.15, 0.2) is 0 Å². The number of anilines is 3. The van der Waals surface area contributed by atoms with E-state index in [1.807, 2.05) is 6.07 Å². The van der Waals surface area contributed by atoms with E-state index in [0.717, 1.165) is 11.4 Å². The van der Waals surface area contributed by atoms with Crippen molar-refractivity contribution in [1.82, 2.24) is 15.0 Å². The highest BCUT2D eigenvalue weighted by molar-refractivity contribution is 6.30. The topological polar surface area (TPSA) is 106 Å². The Morgan fingerprint density at radius 1 is 1.12 bits per heavy atom. The Kier molecular flexibility index (Phi) is 5.06. The number of hydrogen-bond acceptors (Lipinski definition) is 6. The van der Waals surface area contributed by atoms with Gasteiger partial charge in [0.25, 0.3) is 5.91 Å². The molecule has 0 radical (unpaired) electrons. The van der Waals surface area contributed by atoms with E-state index in [2.05, 4.69) is 25.6 Å². The van der Waals surface area contributed by atoms with E-state index in [1.165, 1.54) is 6.20 Å². The number of carbonyl (C=O) groups is 1. The Morgan fingerprint density at radius 2 is 2.00 bits per heavy atom. The van der Waals surface area contributed by atoms with E-state index >= 15 is 0 Å². The molecule has 0 unspecified atom stereocenters. The third kappa shape index (κ3) is 4.42. The predicted octanol–water partition coefficient (Wildman–Crippen LogP) is 2.97. The lowest BCUT2D eigenvalue weighted by Crippen LogP contribution is -2.14. The van der Waals surface area contributed by atoms with Crippen LogP contribution in [0.3, 0.4) is 0 Å². The monoisotopic (exact) mass is 354 g/mol. The first-order valence-electron chi connectivity index (χ1n) is 7.44. The number of rotatable bonds is 5. The molecule has 126 valence electrons. The van der Waals surface area contributed by atoms with Gasteiger partial charge in [-0.1, -0.05) is 11.6 Å². The van der Waals surface area contributed by atoms with Crippen molar-refractivity contribution in [3.8, 4) is 0 Å². The number of nitrogens with one attached hydrogen (secondary N) is 2. The normalized spacial score (nSPS) is 10.3. The second kappa shape index (κ2) is 7.59. The first kappa shape index (κ1) is 16.7. The summed E-state index contributed by atoms with van der Waals surface area (Å²) in [6, 6.07) is 10.3. The van der Waals surface area contributed by atoms with Crippen LogP contribution >= 0.6 is 11.6 Å². The van der Waals surface area contributed by atoms with Crippen molar-refractivity contribution in [1.29, 1.82) is 0 Å². The third-order valence-electron chi connectivity index (χ3n) is 3.33. The largest absolute Gasteiger partial charge is 0.382 e. The van der Waals surface area contributed by atoms with Crippen molar-refractivity contribution in [2.75, 3.05) is 16.4 Å². The number of carbonyl (C=O) groups excluding carboxylic acids is 1. The molecule has 3 heterocycles. The van der Waals surface area contributed by atoms with Crippen molar-refractivity contribution in [3.63, 3.8) is 0 Å². The van der Waals surface area contributed by atoms with Gasteiger partial charge >= 0.3 is 0 Å². The van der Waals surface area contributed by atoms with Crippen LogP contribution in [-0.4, -0.2) is 20.9 Å². The van der Waals surface area contributed by atoms with E-state index in [4.69, 9.17) is 17.3 Å². The molecule has 3 aromatic rings. The maximum absolute atomic E-state index is 12.2. The predicted molar refractivity (Wildman–Crippen MR) is 97.4 cm³/mol. The Morgan fingerprint density at radius 3 is 2.76 bits per heavy atom. The molecule has 0 atom stereocenters.